The van der Waals surface area contributed by atoms with Crippen molar-refractivity contribution in [2.45, 2.75) is 6.92 Å². The molecule has 0 atom stereocenters. The summed E-state index contributed by atoms with van der Waals surface area (Å²) in [7, 11) is 1.63. The van der Waals surface area contributed by atoms with Gasteiger partial charge in [0.2, 0.25) is 0 Å². The molecular weight excluding hydrogens is 146 g/mol. The average Bonchev–Trinajstić information content (AvgIpc) is 2.34. The maximum Gasteiger partial charge on any atom is 0.251 e. The maximum atomic E-state index is 10.9. The summed E-state index contributed by atoms with van der Waals surface area (Å²) in [6.45, 7) is 1.98. The Bertz CT molecular complexity index is 246. The lowest BCUT2D eigenvalue weighted by Crippen LogP contribution is -2.16. The largest absolute Gasteiger partial charge is 0.355 e. The second kappa shape index (κ2) is 2.84. The van der Waals surface area contributed by atoms with E-state index in [0.717, 1.165) is 5.56 Å². The molecule has 1 heterocycles. The molecule has 0 aliphatic heterocycles. The first kappa shape index (κ1) is 7.28. The topological polar surface area (TPSA) is 29.1 Å². The normalized spacial score (nSPS) is 9.40. The summed E-state index contributed by atoms with van der Waals surface area (Å²) in [5.74, 6) is -0.00986. The van der Waals surface area contributed by atoms with Crippen LogP contribution >= 0.6 is 11.3 Å². The van der Waals surface area contributed by atoms with Gasteiger partial charge in [0.05, 0.1) is 5.56 Å². The minimum Gasteiger partial charge on any atom is -0.355 e. The molecule has 0 aliphatic carbocycles. The van der Waals surface area contributed by atoms with Crippen molar-refractivity contribution in [1.29, 1.82) is 0 Å². The molecule has 0 aromatic carbocycles. The van der Waals surface area contributed by atoms with E-state index in [1.165, 1.54) is 4.88 Å². The fraction of sp³-hybridized carbons (Fsp3) is 0.286. The predicted molar refractivity (Wildman–Crippen MR) is 44.6 cm³/mol. The lowest BCUT2D eigenvalue weighted by atomic mass is 10.3. The molecule has 56 valence electrons. The van der Waals surface area contributed by atoms with Crippen LogP contribution in [0.25, 0.3) is 0 Å². The van der Waals surface area contributed by atoms with Crippen molar-refractivity contribution >= 4 is 17.2 Å². The zero-order valence-electron chi connectivity index (χ0n) is 5.97. The first-order chi connectivity index (χ1) is 4.74. The third kappa shape index (κ3) is 1.36. The van der Waals surface area contributed by atoms with Crippen molar-refractivity contribution in [2.24, 2.45) is 0 Å². The van der Waals surface area contributed by atoms with E-state index >= 15 is 0 Å². The van der Waals surface area contributed by atoms with Gasteiger partial charge in [-0.2, -0.15) is 0 Å². The summed E-state index contributed by atoms with van der Waals surface area (Å²) in [5, 5.41) is 4.42. The highest BCUT2D eigenvalue weighted by Crippen LogP contribution is 2.12. The van der Waals surface area contributed by atoms with E-state index in [0.29, 0.717) is 0 Å². The van der Waals surface area contributed by atoms with Gasteiger partial charge in [0.1, 0.15) is 0 Å². The average molecular weight is 157 g/mol. The van der Waals surface area contributed by atoms with Gasteiger partial charge < -0.3 is 5.32 Å². The molecule has 1 rings (SSSR count). The molecule has 0 spiro atoms. The van der Waals surface area contributed by atoms with Gasteiger partial charge in [0.15, 0.2) is 0 Å². The SMILES string of the molecule is CNC(=O)c1csc(C)c1.[HH]. The van der Waals surface area contributed by atoms with Crippen LogP contribution in [-0.2, 0) is 0 Å². The summed E-state index contributed by atoms with van der Waals surface area (Å²) in [4.78, 5) is 12.1. The number of carbonyl (C=O) groups is 1. The van der Waals surface area contributed by atoms with Crippen LogP contribution in [0.5, 0.6) is 0 Å². The van der Waals surface area contributed by atoms with E-state index in [9.17, 15) is 4.79 Å². The van der Waals surface area contributed by atoms with Crippen molar-refractivity contribution in [3.8, 4) is 0 Å². The van der Waals surface area contributed by atoms with Crippen LogP contribution in [0, 0.1) is 6.92 Å². The van der Waals surface area contributed by atoms with Crippen molar-refractivity contribution < 1.29 is 6.22 Å². The van der Waals surface area contributed by atoms with E-state index in [1.807, 2.05) is 18.4 Å². The number of rotatable bonds is 1. The Kier molecular flexibility index (Phi) is 2.06. The van der Waals surface area contributed by atoms with Crippen molar-refractivity contribution in [1.82, 2.24) is 5.32 Å². The van der Waals surface area contributed by atoms with Crippen molar-refractivity contribution in [3.05, 3.63) is 21.9 Å². The molecule has 0 saturated carbocycles. The highest BCUT2D eigenvalue weighted by molar-refractivity contribution is 7.10. The number of thiophene rings is 1. The van der Waals surface area contributed by atoms with Gasteiger partial charge in [0.25, 0.3) is 5.91 Å². The van der Waals surface area contributed by atoms with Crippen LogP contribution in [0.4, 0.5) is 0 Å². The van der Waals surface area contributed by atoms with Gasteiger partial charge in [-0.1, -0.05) is 0 Å². The second-order valence-electron chi connectivity index (χ2n) is 2.03. The van der Waals surface area contributed by atoms with Gasteiger partial charge >= 0.3 is 0 Å². The van der Waals surface area contributed by atoms with Gasteiger partial charge in [-0.05, 0) is 13.0 Å². The number of carbonyl (C=O) groups excluding carboxylic acids is 1. The molecule has 0 fully saturated rings. The van der Waals surface area contributed by atoms with Crippen molar-refractivity contribution in [3.63, 3.8) is 0 Å². The quantitative estimate of drug-likeness (QED) is 0.660. The van der Waals surface area contributed by atoms with E-state index in [-0.39, 0.29) is 7.33 Å². The highest BCUT2D eigenvalue weighted by Gasteiger charge is 2.02. The van der Waals surface area contributed by atoms with Gasteiger partial charge in [-0.3, -0.25) is 4.79 Å². The summed E-state index contributed by atoms with van der Waals surface area (Å²) < 4.78 is 0. The molecule has 0 unspecified atom stereocenters. The molecule has 1 amide bonds. The lowest BCUT2D eigenvalue weighted by Gasteiger charge is -1.91. The summed E-state index contributed by atoms with van der Waals surface area (Å²) in [6, 6.07) is 1.88. The number of aryl methyl sites for hydroxylation is 1. The number of amides is 1. The van der Waals surface area contributed by atoms with Gasteiger partial charge in [-0.15, -0.1) is 11.3 Å². The van der Waals surface area contributed by atoms with Crippen LogP contribution in [0.2, 0.25) is 0 Å². The van der Waals surface area contributed by atoms with Crippen molar-refractivity contribution in [2.75, 3.05) is 7.05 Å². The molecule has 1 aromatic heterocycles. The Balaban J connectivity index is 0.000001000. The Labute approximate surface area is 65.4 Å². The Hall–Kier alpha value is -0.830. The summed E-state index contributed by atoms with van der Waals surface area (Å²) >= 11 is 1.59. The summed E-state index contributed by atoms with van der Waals surface area (Å²) in [6.07, 6.45) is 0. The molecule has 2 nitrogen and oxygen atoms in total. The maximum absolute atomic E-state index is 10.9. The lowest BCUT2D eigenvalue weighted by molar-refractivity contribution is 0.0963. The Morgan fingerprint density at radius 1 is 1.80 bits per heavy atom. The Morgan fingerprint density at radius 2 is 2.50 bits per heavy atom. The minimum absolute atomic E-state index is 0. The van der Waals surface area contributed by atoms with Crippen LogP contribution < -0.4 is 5.32 Å². The fourth-order valence-corrected chi connectivity index (χ4v) is 1.39. The molecular formula is C7H11NOS. The molecule has 0 aliphatic rings. The van der Waals surface area contributed by atoms with Crippen LogP contribution in [0.3, 0.4) is 0 Å². The monoisotopic (exact) mass is 157 g/mol. The smallest absolute Gasteiger partial charge is 0.251 e. The predicted octanol–water partition coefficient (Wildman–Crippen LogP) is 1.66. The zero-order chi connectivity index (χ0) is 7.56. The first-order valence-electron chi connectivity index (χ1n) is 3.01. The second-order valence-corrected chi connectivity index (χ2v) is 3.14. The van der Waals surface area contributed by atoms with E-state index in [4.69, 9.17) is 0 Å². The van der Waals surface area contributed by atoms with Gasteiger partial charge in [0, 0.05) is 18.7 Å². The molecule has 3 heteroatoms. The minimum atomic E-state index is -0.00986. The van der Waals surface area contributed by atoms with Crippen LogP contribution in [-0.4, -0.2) is 13.0 Å². The molecule has 1 aromatic rings. The van der Waals surface area contributed by atoms with E-state index in [2.05, 4.69) is 5.32 Å². The summed E-state index contributed by atoms with van der Waals surface area (Å²) in [5.41, 5.74) is 0.755. The van der Waals surface area contributed by atoms with Gasteiger partial charge in [-0.25, -0.2) is 0 Å². The third-order valence-electron chi connectivity index (χ3n) is 1.22. The molecule has 0 bridgehead atoms. The third-order valence-corrected chi connectivity index (χ3v) is 2.08. The Morgan fingerprint density at radius 3 is 2.90 bits per heavy atom. The molecule has 0 saturated heterocycles. The standard InChI is InChI=1S/C7H9NOS.H2/c1-5-3-6(4-10-5)7(9)8-2;/h3-4H,1-2H3,(H,8,9);1H. The van der Waals surface area contributed by atoms with Crippen LogP contribution in [0.15, 0.2) is 11.4 Å². The molecule has 0 radical (unpaired) electrons. The number of hydrogen-bond acceptors (Lipinski definition) is 2. The van der Waals surface area contributed by atoms with E-state index < -0.39 is 0 Å². The number of hydrogen-bond donors (Lipinski definition) is 1. The van der Waals surface area contributed by atoms with Crippen LogP contribution in [0.1, 0.15) is 16.7 Å². The molecule has 10 heavy (non-hydrogen) atoms. The first-order valence-corrected chi connectivity index (χ1v) is 3.89. The number of nitrogens with one attached hydrogen (secondary N) is 1. The van der Waals surface area contributed by atoms with E-state index in [1.54, 1.807) is 18.4 Å². The fourth-order valence-electron chi connectivity index (χ4n) is 0.707. The molecule has 1 N–H and O–H groups in total. The zero-order valence-corrected chi connectivity index (χ0v) is 6.79. The highest BCUT2D eigenvalue weighted by atomic mass is 32.1.